The summed E-state index contributed by atoms with van der Waals surface area (Å²) in [5, 5.41) is 9.77. The predicted octanol–water partition coefficient (Wildman–Crippen LogP) is 4.26. The van der Waals surface area contributed by atoms with E-state index in [0.717, 1.165) is 35.4 Å². The van der Waals surface area contributed by atoms with E-state index in [4.69, 9.17) is 11.6 Å². The van der Waals surface area contributed by atoms with Crippen molar-refractivity contribution in [1.82, 2.24) is 4.98 Å². The maximum absolute atomic E-state index is 12.4. The van der Waals surface area contributed by atoms with Crippen molar-refractivity contribution in [1.29, 1.82) is 0 Å². The van der Waals surface area contributed by atoms with Crippen molar-refractivity contribution >= 4 is 17.4 Å². The number of hydrogen-bond donors (Lipinski definition) is 1. The number of nitrogens with zero attached hydrogens (tertiary/aromatic N) is 1. The molecule has 1 aliphatic carbocycles. The van der Waals surface area contributed by atoms with Gasteiger partial charge in [0.2, 0.25) is 0 Å². The fourth-order valence-corrected chi connectivity index (χ4v) is 2.82. The number of carbonyl (C=O) groups excluding carboxylic acids is 1. The van der Waals surface area contributed by atoms with Gasteiger partial charge in [-0.15, -0.1) is 0 Å². The Balaban J connectivity index is 2.04. The van der Waals surface area contributed by atoms with E-state index in [1.165, 1.54) is 0 Å². The van der Waals surface area contributed by atoms with Crippen molar-refractivity contribution in [2.24, 2.45) is 5.41 Å². The summed E-state index contributed by atoms with van der Waals surface area (Å²) < 4.78 is 0. The van der Waals surface area contributed by atoms with E-state index in [0.29, 0.717) is 5.02 Å². The first-order chi connectivity index (χ1) is 9.88. The molecule has 0 radical (unpaired) electrons. The maximum atomic E-state index is 12.4. The lowest BCUT2D eigenvalue weighted by atomic mass is 9.75. The number of pyridine rings is 1. The summed E-state index contributed by atoms with van der Waals surface area (Å²) >= 11 is 5.94. The van der Waals surface area contributed by atoms with Gasteiger partial charge in [-0.2, -0.15) is 0 Å². The third kappa shape index (κ3) is 2.42. The number of carbonyl (C=O) groups is 1. The summed E-state index contributed by atoms with van der Waals surface area (Å²) in [6.45, 7) is 3.96. The Labute approximate surface area is 128 Å². The monoisotopic (exact) mass is 301 g/mol. The fourth-order valence-electron chi connectivity index (χ4n) is 2.63. The van der Waals surface area contributed by atoms with Gasteiger partial charge < -0.3 is 5.11 Å². The number of aryl methyl sites for hydroxylation is 1. The number of Topliss-reactive ketones (excluding diaryl/α,β-unsaturated/α-hetero) is 1. The van der Waals surface area contributed by atoms with Crippen LogP contribution in [0.2, 0.25) is 5.02 Å². The van der Waals surface area contributed by atoms with Crippen LogP contribution in [0, 0.1) is 5.41 Å². The normalized spacial score (nSPS) is 16.6. The van der Waals surface area contributed by atoms with Gasteiger partial charge in [-0.3, -0.25) is 9.78 Å². The number of ketones is 1. The summed E-state index contributed by atoms with van der Waals surface area (Å²) in [4.78, 5) is 17.0. The zero-order valence-electron chi connectivity index (χ0n) is 12.0. The van der Waals surface area contributed by atoms with Crippen LogP contribution < -0.4 is 0 Å². The van der Waals surface area contributed by atoms with Crippen molar-refractivity contribution in [3.05, 3.63) is 46.6 Å². The van der Waals surface area contributed by atoms with Gasteiger partial charge in [0.1, 0.15) is 5.75 Å². The Kier molecular flexibility index (Phi) is 3.25. The molecule has 21 heavy (non-hydrogen) atoms. The van der Waals surface area contributed by atoms with Gasteiger partial charge in [-0.05, 0) is 43.2 Å². The van der Waals surface area contributed by atoms with Crippen molar-refractivity contribution in [3.63, 3.8) is 0 Å². The lowest BCUT2D eigenvalue weighted by molar-refractivity contribution is 0.0809. The highest BCUT2D eigenvalue weighted by atomic mass is 35.5. The molecule has 0 unspecified atom stereocenters. The third-order valence-corrected chi connectivity index (χ3v) is 4.37. The second-order valence-electron chi connectivity index (χ2n) is 6.07. The molecule has 3 nitrogen and oxygen atoms in total. The number of hydrogen-bond acceptors (Lipinski definition) is 3. The molecule has 0 saturated carbocycles. The minimum absolute atomic E-state index is 0.0512. The number of phenols is 1. The van der Waals surface area contributed by atoms with Crippen LogP contribution in [0.25, 0.3) is 11.3 Å². The van der Waals surface area contributed by atoms with Crippen LogP contribution in [0.15, 0.2) is 30.3 Å². The van der Waals surface area contributed by atoms with Gasteiger partial charge in [-0.25, -0.2) is 0 Å². The second-order valence-corrected chi connectivity index (χ2v) is 6.48. The van der Waals surface area contributed by atoms with Crippen molar-refractivity contribution < 1.29 is 9.90 Å². The molecule has 0 saturated heterocycles. The summed E-state index contributed by atoms with van der Waals surface area (Å²) in [7, 11) is 0. The summed E-state index contributed by atoms with van der Waals surface area (Å²) in [6.07, 6.45) is 1.61. The third-order valence-electron chi connectivity index (χ3n) is 4.06. The van der Waals surface area contributed by atoms with E-state index in [-0.39, 0.29) is 16.9 Å². The van der Waals surface area contributed by atoms with E-state index in [2.05, 4.69) is 4.98 Å². The molecule has 1 aliphatic rings. The number of aromatic hydroxyl groups is 1. The molecule has 0 atom stereocenters. The van der Waals surface area contributed by atoms with Gasteiger partial charge in [0, 0.05) is 16.5 Å². The van der Waals surface area contributed by atoms with E-state index in [1.807, 2.05) is 26.0 Å². The molecule has 1 aromatic heterocycles. The standard InChI is InChI=1S/C17H16ClNO2/c1-17(2)8-7-14-11(16(17)21)4-5-13(19-14)10-3-6-15(20)12(18)9-10/h3-6,9,20H,7-8H2,1-2H3. The first-order valence-corrected chi connectivity index (χ1v) is 7.30. The van der Waals surface area contributed by atoms with Crippen LogP contribution in [-0.2, 0) is 6.42 Å². The zero-order chi connectivity index (χ0) is 15.2. The molecule has 0 spiro atoms. The second kappa shape index (κ2) is 4.85. The Morgan fingerprint density at radius 1 is 1.24 bits per heavy atom. The topological polar surface area (TPSA) is 50.2 Å². The van der Waals surface area contributed by atoms with E-state index < -0.39 is 0 Å². The van der Waals surface area contributed by atoms with Crippen LogP contribution in [0.4, 0.5) is 0 Å². The minimum atomic E-state index is -0.307. The minimum Gasteiger partial charge on any atom is -0.506 e. The lowest BCUT2D eigenvalue weighted by Crippen LogP contribution is -2.31. The smallest absolute Gasteiger partial charge is 0.170 e. The van der Waals surface area contributed by atoms with Crippen LogP contribution in [-0.4, -0.2) is 15.9 Å². The average Bonchev–Trinajstić information content (AvgIpc) is 2.46. The van der Waals surface area contributed by atoms with Crippen LogP contribution >= 0.6 is 11.6 Å². The molecule has 1 aromatic carbocycles. The van der Waals surface area contributed by atoms with Crippen LogP contribution in [0.3, 0.4) is 0 Å². The molecule has 108 valence electrons. The molecule has 0 amide bonds. The number of benzene rings is 1. The Bertz CT molecular complexity index is 738. The summed E-state index contributed by atoms with van der Waals surface area (Å²) in [5.74, 6) is 0.210. The number of rotatable bonds is 1. The van der Waals surface area contributed by atoms with E-state index in [1.54, 1.807) is 18.2 Å². The maximum Gasteiger partial charge on any atom is 0.170 e. The van der Waals surface area contributed by atoms with Gasteiger partial charge in [0.05, 0.1) is 16.4 Å². The molecular formula is C17H16ClNO2. The Morgan fingerprint density at radius 2 is 2.00 bits per heavy atom. The van der Waals surface area contributed by atoms with E-state index in [9.17, 15) is 9.90 Å². The van der Waals surface area contributed by atoms with Crippen molar-refractivity contribution in [3.8, 4) is 17.0 Å². The van der Waals surface area contributed by atoms with Gasteiger partial charge >= 0.3 is 0 Å². The first kappa shape index (κ1) is 14.1. The molecule has 1 heterocycles. The summed E-state index contributed by atoms with van der Waals surface area (Å²) in [6, 6.07) is 8.68. The lowest BCUT2D eigenvalue weighted by Gasteiger charge is -2.29. The number of halogens is 1. The first-order valence-electron chi connectivity index (χ1n) is 6.92. The van der Waals surface area contributed by atoms with Crippen LogP contribution in [0.1, 0.15) is 36.3 Å². The highest BCUT2D eigenvalue weighted by Gasteiger charge is 2.34. The van der Waals surface area contributed by atoms with Gasteiger partial charge in [0.25, 0.3) is 0 Å². The number of phenolic OH excluding ortho intramolecular Hbond substituents is 1. The Hall–Kier alpha value is -1.87. The average molecular weight is 302 g/mol. The van der Waals surface area contributed by atoms with Gasteiger partial charge in [0.15, 0.2) is 5.78 Å². The van der Waals surface area contributed by atoms with Crippen molar-refractivity contribution in [2.45, 2.75) is 26.7 Å². The Morgan fingerprint density at radius 3 is 2.71 bits per heavy atom. The zero-order valence-corrected chi connectivity index (χ0v) is 12.7. The number of fused-ring (bicyclic) bond motifs is 1. The number of aromatic nitrogens is 1. The van der Waals surface area contributed by atoms with Crippen LogP contribution in [0.5, 0.6) is 5.75 Å². The predicted molar refractivity (Wildman–Crippen MR) is 82.8 cm³/mol. The SMILES string of the molecule is CC1(C)CCc2nc(-c3ccc(O)c(Cl)c3)ccc2C1=O. The van der Waals surface area contributed by atoms with Crippen molar-refractivity contribution in [2.75, 3.05) is 0 Å². The van der Waals surface area contributed by atoms with Gasteiger partial charge in [-0.1, -0.05) is 25.4 Å². The largest absolute Gasteiger partial charge is 0.506 e. The molecular weight excluding hydrogens is 286 g/mol. The molecule has 0 fully saturated rings. The van der Waals surface area contributed by atoms with E-state index >= 15 is 0 Å². The summed E-state index contributed by atoms with van der Waals surface area (Å²) in [5.41, 5.74) is 2.86. The molecule has 0 aliphatic heterocycles. The molecule has 1 N–H and O–H groups in total. The molecule has 3 rings (SSSR count). The molecule has 0 bridgehead atoms. The quantitative estimate of drug-likeness (QED) is 0.856. The molecule has 4 heteroatoms. The highest BCUT2D eigenvalue weighted by molar-refractivity contribution is 6.32. The molecule has 2 aromatic rings. The fraction of sp³-hybridized carbons (Fsp3) is 0.294. The highest BCUT2D eigenvalue weighted by Crippen LogP contribution is 2.35.